The van der Waals surface area contributed by atoms with Gasteiger partial charge in [-0.3, -0.25) is 4.79 Å². The summed E-state index contributed by atoms with van der Waals surface area (Å²) < 4.78 is 0. The van der Waals surface area contributed by atoms with Crippen LogP contribution in [-0.4, -0.2) is 11.0 Å². The van der Waals surface area contributed by atoms with Crippen molar-refractivity contribution in [2.75, 3.05) is 5.32 Å². The van der Waals surface area contributed by atoms with Crippen molar-refractivity contribution >= 4 is 23.2 Å². The molecule has 0 heterocycles. The van der Waals surface area contributed by atoms with Gasteiger partial charge in [0, 0.05) is 5.02 Å². The van der Waals surface area contributed by atoms with E-state index in [1.165, 1.54) is 18.2 Å². The van der Waals surface area contributed by atoms with Crippen molar-refractivity contribution in [1.82, 2.24) is 0 Å². The Hall–Kier alpha value is -2.51. The molecule has 2 aromatic rings. The topological polar surface area (TPSA) is 73.1 Å². The smallest absolute Gasteiger partial charge is 0.259 e. The van der Waals surface area contributed by atoms with Crippen LogP contribution in [0.25, 0.3) is 0 Å². The molecule has 0 bridgehead atoms. The van der Waals surface area contributed by atoms with Gasteiger partial charge in [-0.2, -0.15) is 5.26 Å². The summed E-state index contributed by atoms with van der Waals surface area (Å²) in [7, 11) is 0. The van der Waals surface area contributed by atoms with Crippen LogP contribution in [-0.2, 0) is 0 Å². The minimum atomic E-state index is -0.503. The van der Waals surface area contributed by atoms with E-state index in [1.807, 2.05) is 6.07 Å². The van der Waals surface area contributed by atoms with Crippen LogP contribution in [0.4, 0.5) is 5.69 Å². The van der Waals surface area contributed by atoms with Crippen molar-refractivity contribution in [2.24, 2.45) is 0 Å². The maximum atomic E-state index is 12.0. The number of carbonyl (C=O) groups is 1. The summed E-state index contributed by atoms with van der Waals surface area (Å²) in [6.45, 7) is 0. The zero-order valence-corrected chi connectivity index (χ0v) is 10.5. The molecule has 5 heteroatoms. The Morgan fingerprint density at radius 1 is 1.26 bits per heavy atom. The second-order valence-electron chi connectivity index (χ2n) is 3.77. The lowest BCUT2D eigenvalue weighted by molar-refractivity contribution is 0.102. The molecule has 0 aliphatic rings. The number of nitrogens with zero attached hydrogens (tertiary/aromatic N) is 1. The quantitative estimate of drug-likeness (QED) is 0.882. The molecule has 4 nitrogen and oxygen atoms in total. The summed E-state index contributed by atoms with van der Waals surface area (Å²) in [6, 6.07) is 12.8. The van der Waals surface area contributed by atoms with Gasteiger partial charge in [0.05, 0.1) is 16.8 Å². The van der Waals surface area contributed by atoms with Crippen LogP contribution >= 0.6 is 11.6 Å². The fraction of sp³-hybridized carbons (Fsp3) is 0. The number of benzene rings is 2. The molecule has 0 saturated carbocycles. The number of nitrogens with one attached hydrogen (secondary N) is 1. The highest BCUT2D eigenvalue weighted by Gasteiger charge is 2.13. The van der Waals surface area contributed by atoms with Gasteiger partial charge >= 0.3 is 0 Å². The third-order valence-corrected chi connectivity index (χ3v) is 2.74. The molecule has 19 heavy (non-hydrogen) atoms. The predicted octanol–water partition coefficient (Wildman–Crippen LogP) is 3.17. The Bertz CT molecular complexity index is 677. The van der Waals surface area contributed by atoms with Gasteiger partial charge in [-0.05, 0) is 30.3 Å². The number of phenols is 1. The van der Waals surface area contributed by atoms with Crippen LogP contribution in [0.2, 0.25) is 5.02 Å². The van der Waals surface area contributed by atoms with Gasteiger partial charge in [-0.25, -0.2) is 0 Å². The van der Waals surface area contributed by atoms with E-state index < -0.39 is 5.91 Å². The van der Waals surface area contributed by atoms with Crippen LogP contribution in [0, 0.1) is 11.3 Å². The zero-order chi connectivity index (χ0) is 13.8. The molecule has 0 atom stereocenters. The minimum absolute atomic E-state index is 0.0946. The van der Waals surface area contributed by atoms with Crippen LogP contribution in [0.5, 0.6) is 5.75 Å². The van der Waals surface area contributed by atoms with Gasteiger partial charge in [0.2, 0.25) is 0 Å². The summed E-state index contributed by atoms with van der Waals surface area (Å²) in [4.78, 5) is 12.0. The van der Waals surface area contributed by atoms with Crippen LogP contribution < -0.4 is 5.32 Å². The van der Waals surface area contributed by atoms with Gasteiger partial charge in [-0.1, -0.05) is 23.7 Å². The Morgan fingerprint density at radius 2 is 2.00 bits per heavy atom. The van der Waals surface area contributed by atoms with Crippen LogP contribution in [0.1, 0.15) is 15.9 Å². The molecule has 1 amide bonds. The maximum Gasteiger partial charge on any atom is 0.259 e. The number of aromatic hydroxyl groups is 1. The largest absolute Gasteiger partial charge is 0.507 e. The third-order valence-electron chi connectivity index (χ3n) is 2.50. The standard InChI is InChI=1S/C14H9ClN2O2/c15-10-5-6-11(13(18)7-10)14(19)17-12-4-2-1-3-9(12)8-16/h1-7,18H,(H,17,19). The number of hydrogen-bond acceptors (Lipinski definition) is 3. The summed E-state index contributed by atoms with van der Waals surface area (Å²) in [5.41, 5.74) is 0.839. The molecule has 2 rings (SSSR count). The van der Waals surface area contributed by atoms with Gasteiger partial charge in [0.25, 0.3) is 5.91 Å². The molecule has 0 unspecified atom stereocenters. The molecule has 0 aromatic heterocycles. The lowest BCUT2D eigenvalue weighted by Crippen LogP contribution is -2.13. The molecule has 2 N–H and O–H groups in total. The number of rotatable bonds is 2. The average molecular weight is 273 g/mol. The van der Waals surface area contributed by atoms with E-state index in [2.05, 4.69) is 5.32 Å². The van der Waals surface area contributed by atoms with E-state index in [4.69, 9.17) is 16.9 Å². The highest BCUT2D eigenvalue weighted by atomic mass is 35.5. The molecule has 0 spiro atoms. The first kappa shape index (κ1) is 12.9. The Labute approximate surface area is 114 Å². The van der Waals surface area contributed by atoms with E-state index in [1.54, 1.807) is 24.3 Å². The summed E-state index contributed by atoms with van der Waals surface area (Å²) in [5.74, 6) is -0.712. The van der Waals surface area contributed by atoms with E-state index in [9.17, 15) is 9.90 Å². The van der Waals surface area contributed by atoms with Crippen molar-refractivity contribution in [2.45, 2.75) is 0 Å². The predicted molar refractivity (Wildman–Crippen MR) is 72.2 cm³/mol. The number of carbonyl (C=O) groups excluding carboxylic acids is 1. The highest BCUT2D eigenvalue weighted by molar-refractivity contribution is 6.31. The van der Waals surface area contributed by atoms with E-state index in [-0.39, 0.29) is 11.3 Å². The van der Waals surface area contributed by atoms with Crippen molar-refractivity contribution in [3.05, 3.63) is 58.6 Å². The first-order valence-electron chi connectivity index (χ1n) is 5.41. The Kier molecular flexibility index (Phi) is 3.69. The second kappa shape index (κ2) is 5.42. The minimum Gasteiger partial charge on any atom is -0.507 e. The molecule has 0 aliphatic heterocycles. The van der Waals surface area contributed by atoms with Gasteiger partial charge in [-0.15, -0.1) is 0 Å². The lowest BCUT2D eigenvalue weighted by Gasteiger charge is -2.08. The molecule has 0 radical (unpaired) electrons. The normalized spacial score (nSPS) is 9.68. The number of anilines is 1. The third kappa shape index (κ3) is 2.84. The molecule has 94 valence electrons. The second-order valence-corrected chi connectivity index (χ2v) is 4.21. The van der Waals surface area contributed by atoms with Gasteiger partial charge in [0.1, 0.15) is 11.8 Å². The summed E-state index contributed by atoms with van der Waals surface area (Å²) in [5, 5.41) is 21.5. The number of hydrogen-bond donors (Lipinski definition) is 2. The van der Waals surface area contributed by atoms with Crippen LogP contribution in [0.3, 0.4) is 0 Å². The maximum absolute atomic E-state index is 12.0. The number of amides is 1. The van der Waals surface area contributed by atoms with Crippen molar-refractivity contribution in [1.29, 1.82) is 5.26 Å². The number of halogens is 1. The average Bonchev–Trinajstić information content (AvgIpc) is 2.39. The monoisotopic (exact) mass is 272 g/mol. The van der Waals surface area contributed by atoms with Crippen molar-refractivity contribution in [3.8, 4) is 11.8 Å². The fourth-order valence-corrected chi connectivity index (χ4v) is 1.74. The van der Waals surface area contributed by atoms with Gasteiger partial charge in [0.15, 0.2) is 0 Å². The SMILES string of the molecule is N#Cc1ccccc1NC(=O)c1ccc(Cl)cc1O. The van der Waals surface area contributed by atoms with Crippen LogP contribution in [0.15, 0.2) is 42.5 Å². The Morgan fingerprint density at radius 3 is 2.68 bits per heavy atom. The lowest BCUT2D eigenvalue weighted by atomic mass is 10.1. The highest BCUT2D eigenvalue weighted by Crippen LogP contribution is 2.23. The number of phenolic OH excluding ortho intramolecular Hbond substituents is 1. The Balaban J connectivity index is 2.29. The molecule has 0 saturated heterocycles. The fourth-order valence-electron chi connectivity index (χ4n) is 1.58. The number of para-hydroxylation sites is 1. The number of nitriles is 1. The zero-order valence-electron chi connectivity index (χ0n) is 9.72. The first-order valence-corrected chi connectivity index (χ1v) is 5.78. The van der Waals surface area contributed by atoms with Crippen molar-refractivity contribution in [3.63, 3.8) is 0 Å². The first-order chi connectivity index (χ1) is 9.11. The van der Waals surface area contributed by atoms with E-state index >= 15 is 0 Å². The van der Waals surface area contributed by atoms with E-state index in [0.29, 0.717) is 16.3 Å². The molecule has 0 aliphatic carbocycles. The van der Waals surface area contributed by atoms with Gasteiger partial charge < -0.3 is 10.4 Å². The molecular formula is C14H9ClN2O2. The summed E-state index contributed by atoms with van der Waals surface area (Å²) in [6.07, 6.45) is 0. The van der Waals surface area contributed by atoms with Crippen molar-refractivity contribution < 1.29 is 9.90 Å². The molecule has 2 aromatic carbocycles. The molecule has 0 fully saturated rings. The summed E-state index contributed by atoms with van der Waals surface area (Å²) >= 11 is 5.69. The molecular weight excluding hydrogens is 264 g/mol. The van der Waals surface area contributed by atoms with E-state index in [0.717, 1.165) is 0 Å².